The highest BCUT2D eigenvalue weighted by molar-refractivity contribution is 7.90. The van der Waals surface area contributed by atoms with Gasteiger partial charge in [-0.15, -0.1) is 0 Å². The number of nitrogens with one attached hydrogen (secondary N) is 1. The van der Waals surface area contributed by atoms with E-state index < -0.39 is 15.9 Å². The summed E-state index contributed by atoms with van der Waals surface area (Å²) in [5.74, 6) is 5.14. The average Bonchev–Trinajstić information content (AvgIpc) is 2.34. The predicted octanol–water partition coefficient (Wildman–Crippen LogP) is 0.160. The van der Waals surface area contributed by atoms with Crippen LogP contribution in [0.2, 0.25) is 0 Å². The third-order valence-corrected chi connectivity index (χ3v) is 3.50. The number of carbonyl (C=O) groups excluding carboxylic acids is 1. The first-order valence-corrected chi connectivity index (χ1v) is 8.15. The molecule has 0 spiro atoms. The minimum Gasteiger partial charge on any atom is -0.349 e. The van der Waals surface area contributed by atoms with Crippen molar-refractivity contribution in [2.75, 3.05) is 18.6 Å². The second kappa shape index (κ2) is 7.08. The van der Waals surface area contributed by atoms with E-state index in [1.807, 2.05) is 0 Å². The highest BCUT2D eigenvalue weighted by Crippen LogP contribution is 2.05. The second-order valence-corrected chi connectivity index (χ2v) is 6.74. The maximum Gasteiger partial charge on any atom is 0.251 e. The quantitative estimate of drug-likeness (QED) is 0.774. The van der Waals surface area contributed by atoms with Crippen molar-refractivity contribution in [3.05, 3.63) is 35.4 Å². The Morgan fingerprint density at radius 3 is 2.75 bits per heavy atom. The van der Waals surface area contributed by atoms with Crippen LogP contribution in [0.15, 0.2) is 24.3 Å². The van der Waals surface area contributed by atoms with Crippen LogP contribution < -0.4 is 11.1 Å². The number of rotatable bonds is 4. The normalized spacial score (nSPS) is 12.2. The van der Waals surface area contributed by atoms with Crippen LogP contribution in [0, 0.1) is 11.8 Å². The maximum atomic E-state index is 12.0. The Hall–Kier alpha value is -1.84. The molecule has 108 valence electrons. The Bertz CT molecular complexity index is 642. The summed E-state index contributed by atoms with van der Waals surface area (Å²) in [6, 6.07) is 6.34. The van der Waals surface area contributed by atoms with Gasteiger partial charge in [0.15, 0.2) is 0 Å². The van der Waals surface area contributed by atoms with Crippen LogP contribution in [0.3, 0.4) is 0 Å². The molecule has 1 aromatic carbocycles. The SMILES string of the molecule is CC(CS(C)(=O)=O)NC(=O)c1cccc(C#CCN)c1. The van der Waals surface area contributed by atoms with Gasteiger partial charge >= 0.3 is 0 Å². The van der Waals surface area contributed by atoms with Gasteiger partial charge in [-0.05, 0) is 25.1 Å². The van der Waals surface area contributed by atoms with Gasteiger partial charge in [0.25, 0.3) is 5.91 Å². The van der Waals surface area contributed by atoms with Gasteiger partial charge in [-0.1, -0.05) is 17.9 Å². The zero-order chi connectivity index (χ0) is 15.2. The van der Waals surface area contributed by atoms with Crippen LogP contribution in [0.4, 0.5) is 0 Å². The molecule has 1 amide bonds. The Morgan fingerprint density at radius 1 is 1.45 bits per heavy atom. The highest BCUT2D eigenvalue weighted by atomic mass is 32.2. The molecule has 1 unspecified atom stereocenters. The molecule has 0 radical (unpaired) electrons. The fraction of sp³-hybridized carbons (Fsp3) is 0.357. The van der Waals surface area contributed by atoms with Crippen molar-refractivity contribution in [3.63, 3.8) is 0 Å². The number of nitrogens with two attached hydrogens (primary N) is 1. The lowest BCUT2D eigenvalue weighted by molar-refractivity contribution is 0.0943. The molecule has 0 saturated carbocycles. The minimum absolute atomic E-state index is 0.0919. The first kappa shape index (κ1) is 16.2. The summed E-state index contributed by atoms with van der Waals surface area (Å²) in [6.07, 6.45) is 1.14. The third kappa shape index (κ3) is 5.87. The summed E-state index contributed by atoms with van der Waals surface area (Å²) < 4.78 is 22.3. The van der Waals surface area contributed by atoms with E-state index >= 15 is 0 Å². The van der Waals surface area contributed by atoms with E-state index in [0.717, 1.165) is 6.26 Å². The van der Waals surface area contributed by atoms with Gasteiger partial charge in [0, 0.05) is 23.4 Å². The molecule has 3 N–H and O–H groups in total. The zero-order valence-corrected chi connectivity index (χ0v) is 12.3. The molecule has 0 aliphatic carbocycles. The van der Waals surface area contributed by atoms with Crippen molar-refractivity contribution in [2.24, 2.45) is 5.73 Å². The predicted molar refractivity (Wildman–Crippen MR) is 79.0 cm³/mol. The minimum atomic E-state index is -3.12. The molecule has 0 heterocycles. The van der Waals surface area contributed by atoms with Crippen molar-refractivity contribution in [1.82, 2.24) is 5.32 Å². The van der Waals surface area contributed by atoms with Crippen LogP contribution in [0.25, 0.3) is 0 Å². The third-order valence-electron chi connectivity index (χ3n) is 2.39. The molecule has 20 heavy (non-hydrogen) atoms. The molecule has 1 rings (SSSR count). The smallest absolute Gasteiger partial charge is 0.251 e. The molecule has 0 saturated heterocycles. The molecule has 0 bridgehead atoms. The van der Waals surface area contributed by atoms with Crippen molar-refractivity contribution in [2.45, 2.75) is 13.0 Å². The van der Waals surface area contributed by atoms with Gasteiger partial charge in [0.2, 0.25) is 0 Å². The standard InChI is InChI=1S/C14H18N2O3S/c1-11(10-20(2,18)19)16-14(17)13-7-3-5-12(9-13)6-4-8-15/h3,5,7,9,11H,8,10,15H2,1-2H3,(H,16,17). The zero-order valence-electron chi connectivity index (χ0n) is 11.5. The number of benzene rings is 1. The number of carbonyl (C=O) groups is 1. The molecule has 0 aliphatic heterocycles. The molecule has 0 aromatic heterocycles. The van der Waals surface area contributed by atoms with Crippen LogP contribution >= 0.6 is 0 Å². The second-order valence-electron chi connectivity index (χ2n) is 4.55. The summed E-state index contributed by atoms with van der Waals surface area (Å²) in [5.41, 5.74) is 6.42. The first-order chi connectivity index (χ1) is 9.31. The molecule has 6 heteroatoms. The van der Waals surface area contributed by atoms with Gasteiger partial charge in [-0.2, -0.15) is 0 Å². The fourth-order valence-corrected chi connectivity index (χ4v) is 2.69. The average molecular weight is 294 g/mol. The first-order valence-electron chi connectivity index (χ1n) is 6.09. The van der Waals surface area contributed by atoms with E-state index in [1.165, 1.54) is 0 Å². The summed E-state index contributed by atoms with van der Waals surface area (Å²) in [5, 5.41) is 2.65. The molecule has 0 fully saturated rings. The van der Waals surface area contributed by atoms with Gasteiger partial charge in [0.1, 0.15) is 9.84 Å². The Kier molecular flexibility index (Phi) is 5.74. The number of sulfone groups is 1. The molecular formula is C14H18N2O3S. The van der Waals surface area contributed by atoms with E-state index in [0.29, 0.717) is 11.1 Å². The molecule has 5 nitrogen and oxygen atoms in total. The number of hydrogen-bond acceptors (Lipinski definition) is 4. The Morgan fingerprint density at radius 2 is 2.15 bits per heavy atom. The summed E-state index contributed by atoms with van der Waals surface area (Å²) in [7, 11) is -3.12. The lowest BCUT2D eigenvalue weighted by atomic mass is 10.1. The number of amides is 1. The van der Waals surface area contributed by atoms with Gasteiger partial charge < -0.3 is 11.1 Å². The highest BCUT2D eigenvalue weighted by Gasteiger charge is 2.14. The van der Waals surface area contributed by atoms with Crippen LogP contribution in [-0.2, 0) is 9.84 Å². The lowest BCUT2D eigenvalue weighted by Gasteiger charge is -2.12. The van der Waals surface area contributed by atoms with Gasteiger partial charge in [-0.3, -0.25) is 4.79 Å². The van der Waals surface area contributed by atoms with E-state index in [4.69, 9.17) is 5.73 Å². The molecule has 1 aromatic rings. The van der Waals surface area contributed by atoms with E-state index in [9.17, 15) is 13.2 Å². The van der Waals surface area contributed by atoms with Crippen molar-refractivity contribution >= 4 is 15.7 Å². The van der Waals surface area contributed by atoms with E-state index in [1.54, 1.807) is 31.2 Å². The van der Waals surface area contributed by atoms with Crippen LogP contribution in [-0.4, -0.2) is 38.9 Å². The lowest BCUT2D eigenvalue weighted by Crippen LogP contribution is -2.37. The van der Waals surface area contributed by atoms with Crippen molar-refractivity contribution in [3.8, 4) is 11.8 Å². The topological polar surface area (TPSA) is 89.3 Å². The maximum absolute atomic E-state index is 12.0. The van der Waals surface area contributed by atoms with Gasteiger partial charge in [0.05, 0.1) is 12.3 Å². The summed E-state index contributed by atoms with van der Waals surface area (Å²) >= 11 is 0. The van der Waals surface area contributed by atoms with E-state index in [2.05, 4.69) is 17.2 Å². The van der Waals surface area contributed by atoms with Crippen molar-refractivity contribution < 1.29 is 13.2 Å². The summed E-state index contributed by atoms with van der Waals surface area (Å²) in [4.78, 5) is 12.0. The Labute approximate surface area is 119 Å². The molecule has 0 aliphatic rings. The fourth-order valence-electron chi connectivity index (χ4n) is 1.69. The monoisotopic (exact) mass is 294 g/mol. The van der Waals surface area contributed by atoms with E-state index in [-0.39, 0.29) is 18.2 Å². The molecule has 1 atom stereocenters. The van der Waals surface area contributed by atoms with Crippen molar-refractivity contribution in [1.29, 1.82) is 0 Å². The van der Waals surface area contributed by atoms with Crippen LogP contribution in [0.1, 0.15) is 22.8 Å². The number of hydrogen-bond donors (Lipinski definition) is 2. The molecular weight excluding hydrogens is 276 g/mol. The Balaban J connectivity index is 2.77. The van der Waals surface area contributed by atoms with Crippen LogP contribution in [0.5, 0.6) is 0 Å². The van der Waals surface area contributed by atoms with Gasteiger partial charge in [-0.25, -0.2) is 8.42 Å². The largest absolute Gasteiger partial charge is 0.349 e. The summed E-state index contributed by atoms with van der Waals surface area (Å²) in [6.45, 7) is 1.90.